The summed E-state index contributed by atoms with van der Waals surface area (Å²) in [6, 6.07) is 7.57. The Kier molecular flexibility index (Phi) is 4.50. The van der Waals surface area contributed by atoms with E-state index < -0.39 is 0 Å². The zero-order chi connectivity index (χ0) is 14.5. The van der Waals surface area contributed by atoms with Crippen LogP contribution in [0.4, 0.5) is 0 Å². The molecule has 0 spiro atoms. The van der Waals surface area contributed by atoms with Crippen LogP contribution in [0.2, 0.25) is 0 Å². The van der Waals surface area contributed by atoms with Gasteiger partial charge in [0.2, 0.25) is 17.6 Å². The second kappa shape index (κ2) is 6.32. The van der Waals surface area contributed by atoms with Crippen LogP contribution >= 0.6 is 0 Å². The van der Waals surface area contributed by atoms with Gasteiger partial charge in [0, 0.05) is 12.0 Å². The van der Waals surface area contributed by atoms with Gasteiger partial charge in [0.05, 0.1) is 0 Å². The van der Waals surface area contributed by atoms with Crippen LogP contribution in [0, 0.1) is 6.92 Å². The van der Waals surface area contributed by atoms with Crippen molar-refractivity contribution in [3.8, 4) is 11.4 Å². The lowest BCUT2D eigenvalue weighted by Gasteiger charge is -2.08. The predicted octanol–water partition coefficient (Wildman–Crippen LogP) is 3.02. The van der Waals surface area contributed by atoms with E-state index in [-0.39, 0.29) is 11.9 Å². The Morgan fingerprint density at radius 2 is 2.15 bits per heavy atom. The zero-order valence-corrected chi connectivity index (χ0v) is 12.0. The molecule has 1 unspecified atom stereocenters. The van der Waals surface area contributed by atoms with Gasteiger partial charge in [-0.2, -0.15) is 4.98 Å². The van der Waals surface area contributed by atoms with E-state index in [1.165, 1.54) is 0 Å². The molecule has 0 bridgehead atoms. The van der Waals surface area contributed by atoms with E-state index in [2.05, 4.69) is 15.5 Å². The van der Waals surface area contributed by atoms with Crippen LogP contribution in [0.5, 0.6) is 0 Å². The summed E-state index contributed by atoms with van der Waals surface area (Å²) in [5.74, 6) is 0.970. The molecule has 0 aliphatic carbocycles. The maximum Gasteiger partial charge on any atom is 0.249 e. The molecule has 5 nitrogen and oxygen atoms in total. The Bertz CT molecular complexity index is 592. The summed E-state index contributed by atoms with van der Waals surface area (Å²) in [4.78, 5) is 15.9. The van der Waals surface area contributed by atoms with E-state index in [0.717, 1.165) is 17.5 Å². The number of carbonyl (C=O) groups is 1. The topological polar surface area (TPSA) is 68.0 Å². The second-order valence-corrected chi connectivity index (χ2v) is 4.81. The lowest BCUT2D eigenvalue weighted by molar-refractivity contribution is -0.121. The molecule has 0 saturated heterocycles. The number of aryl methyl sites for hydroxylation is 1. The lowest BCUT2D eigenvalue weighted by atomic mass is 10.1. The minimum absolute atomic E-state index is 0.00404. The predicted molar refractivity (Wildman–Crippen MR) is 75.9 cm³/mol. The molecule has 106 valence electrons. The van der Waals surface area contributed by atoms with Crippen LogP contribution in [-0.4, -0.2) is 16.0 Å². The fraction of sp³-hybridized carbons (Fsp3) is 0.400. The minimum Gasteiger partial charge on any atom is -0.345 e. The van der Waals surface area contributed by atoms with Crippen molar-refractivity contribution in [1.29, 1.82) is 0 Å². The summed E-state index contributed by atoms with van der Waals surface area (Å²) in [5.41, 5.74) is 2.03. The highest BCUT2D eigenvalue weighted by molar-refractivity contribution is 5.76. The van der Waals surface area contributed by atoms with Crippen LogP contribution < -0.4 is 5.32 Å². The van der Waals surface area contributed by atoms with E-state index in [1.807, 2.05) is 45.0 Å². The average Bonchev–Trinajstić information content (AvgIpc) is 2.89. The highest BCUT2D eigenvalue weighted by Gasteiger charge is 2.17. The molecule has 0 saturated carbocycles. The molecule has 0 aliphatic rings. The SMILES string of the molecule is CCCC(=O)NC(C)c1nc(-c2ccccc2C)no1. The van der Waals surface area contributed by atoms with E-state index in [1.54, 1.807) is 0 Å². The van der Waals surface area contributed by atoms with Gasteiger partial charge in [0.25, 0.3) is 0 Å². The average molecular weight is 273 g/mol. The first-order valence-electron chi connectivity index (χ1n) is 6.80. The standard InChI is InChI=1S/C15H19N3O2/c1-4-7-13(19)16-11(3)15-17-14(18-20-15)12-9-6-5-8-10(12)2/h5-6,8-9,11H,4,7H2,1-3H3,(H,16,19). The summed E-state index contributed by atoms with van der Waals surface area (Å²) in [5, 5.41) is 6.83. The first kappa shape index (κ1) is 14.2. The van der Waals surface area contributed by atoms with Gasteiger partial charge in [0.1, 0.15) is 6.04 Å². The fourth-order valence-corrected chi connectivity index (χ4v) is 1.95. The molecule has 20 heavy (non-hydrogen) atoms. The third-order valence-electron chi connectivity index (χ3n) is 3.05. The van der Waals surface area contributed by atoms with Crippen molar-refractivity contribution in [1.82, 2.24) is 15.5 Å². The van der Waals surface area contributed by atoms with Gasteiger partial charge >= 0.3 is 0 Å². The van der Waals surface area contributed by atoms with Gasteiger partial charge < -0.3 is 9.84 Å². The zero-order valence-electron chi connectivity index (χ0n) is 12.0. The van der Waals surface area contributed by atoms with Gasteiger partial charge in [0.15, 0.2) is 0 Å². The van der Waals surface area contributed by atoms with Crippen LogP contribution in [0.1, 0.15) is 44.2 Å². The van der Waals surface area contributed by atoms with Crippen molar-refractivity contribution in [2.75, 3.05) is 0 Å². The quantitative estimate of drug-likeness (QED) is 0.909. The van der Waals surface area contributed by atoms with Crippen LogP contribution in [0.25, 0.3) is 11.4 Å². The Morgan fingerprint density at radius 3 is 2.85 bits per heavy atom. The van der Waals surface area contributed by atoms with Crippen molar-refractivity contribution < 1.29 is 9.32 Å². The highest BCUT2D eigenvalue weighted by atomic mass is 16.5. The first-order chi connectivity index (χ1) is 9.61. The monoisotopic (exact) mass is 273 g/mol. The van der Waals surface area contributed by atoms with E-state index in [9.17, 15) is 4.79 Å². The number of amides is 1. The molecule has 5 heteroatoms. The summed E-state index contributed by atoms with van der Waals surface area (Å²) >= 11 is 0. The van der Waals surface area contributed by atoms with E-state index in [4.69, 9.17) is 4.52 Å². The first-order valence-corrected chi connectivity index (χ1v) is 6.80. The van der Waals surface area contributed by atoms with Gasteiger partial charge in [-0.1, -0.05) is 36.3 Å². The van der Waals surface area contributed by atoms with Gasteiger partial charge in [-0.25, -0.2) is 0 Å². The number of nitrogens with zero attached hydrogens (tertiary/aromatic N) is 2. The third-order valence-corrected chi connectivity index (χ3v) is 3.05. The number of carbonyl (C=O) groups excluding carboxylic acids is 1. The van der Waals surface area contributed by atoms with Crippen molar-refractivity contribution in [2.45, 2.75) is 39.7 Å². The number of hydrogen-bond acceptors (Lipinski definition) is 4. The molecule has 1 N–H and O–H groups in total. The highest BCUT2D eigenvalue weighted by Crippen LogP contribution is 2.21. The maximum absolute atomic E-state index is 11.6. The number of rotatable bonds is 5. The normalized spacial score (nSPS) is 12.2. The smallest absolute Gasteiger partial charge is 0.249 e. The minimum atomic E-state index is -0.278. The number of hydrogen-bond donors (Lipinski definition) is 1. The van der Waals surface area contributed by atoms with Gasteiger partial charge in [-0.3, -0.25) is 4.79 Å². The number of aromatic nitrogens is 2. The van der Waals surface area contributed by atoms with Crippen molar-refractivity contribution >= 4 is 5.91 Å². The molecule has 1 amide bonds. The summed E-state index contributed by atoms with van der Waals surface area (Å²) in [6.45, 7) is 5.80. The molecule has 0 fully saturated rings. The largest absolute Gasteiger partial charge is 0.345 e. The Morgan fingerprint density at radius 1 is 1.40 bits per heavy atom. The maximum atomic E-state index is 11.6. The van der Waals surface area contributed by atoms with Crippen molar-refractivity contribution in [3.05, 3.63) is 35.7 Å². The Labute approximate surface area is 118 Å². The number of benzene rings is 1. The number of nitrogens with one attached hydrogen (secondary N) is 1. The van der Waals surface area contributed by atoms with E-state index >= 15 is 0 Å². The third kappa shape index (κ3) is 3.23. The fourth-order valence-electron chi connectivity index (χ4n) is 1.95. The van der Waals surface area contributed by atoms with Crippen LogP contribution in [0.15, 0.2) is 28.8 Å². The van der Waals surface area contributed by atoms with Crippen LogP contribution in [0.3, 0.4) is 0 Å². The van der Waals surface area contributed by atoms with Gasteiger partial charge in [-0.15, -0.1) is 0 Å². The molecule has 1 heterocycles. The van der Waals surface area contributed by atoms with E-state index in [0.29, 0.717) is 18.1 Å². The summed E-state index contributed by atoms with van der Waals surface area (Å²) < 4.78 is 5.24. The van der Waals surface area contributed by atoms with Crippen molar-refractivity contribution in [3.63, 3.8) is 0 Å². The molecule has 2 aromatic rings. The van der Waals surface area contributed by atoms with Crippen LogP contribution in [-0.2, 0) is 4.79 Å². The molecule has 1 aromatic carbocycles. The molecular weight excluding hydrogens is 254 g/mol. The molecular formula is C15H19N3O2. The molecule has 1 atom stereocenters. The summed E-state index contributed by atoms with van der Waals surface area (Å²) in [6.07, 6.45) is 1.32. The van der Waals surface area contributed by atoms with Crippen molar-refractivity contribution in [2.24, 2.45) is 0 Å². The molecule has 2 rings (SSSR count). The summed E-state index contributed by atoms with van der Waals surface area (Å²) in [7, 11) is 0. The molecule has 0 radical (unpaired) electrons. The second-order valence-electron chi connectivity index (χ2n) is 4.81. The Balaban J connectivity index is 2.13. The Hall–Kier alpha value is -2.17. The molecule has 1 aromatic heterocycles. The van der Waals surface area contributed by atoms with Gasteiger partial charge in [-0.05, 0) is 25.8 Å². The lowest BCUT2D eigenvalue weighted by Crippen LogP contribution is -2.26. The molecule has 0 aliphatic heterocycles.